The van der Waals surface area contributed by atoms with E-state index in [1.165, 1.54) is 0 Å². The van der Waals surface area contributed by atoms with Crippen LogP contribution in [0, 0.1) is 25.2 Å². The minimum Gasteiger partial charge on any atom is -0.322 e. The van der Waals surface area contributed by atoms with Crippen LogP contribution in [0.15, 0.2) is 78.9 Å². The van der Waals surface area contributed by atoms with Gasteiger partial charge in [-0.1, -0.05) is 24.3 Å². The summed E-state index contributed by atoms with van der Waals surface area (Å²) >= 11 is 0. The fourth-order valence-electron chi connectivity index (χ4n) is 3.63. The Hall–Kier alpha value is -4.70. The summed E-state index contributed by atoms with van der Waals surface area (Å²) in [6, 6.07) is 24.8. The number of amides is 2. The lowest BCUT2D eigenvalue weighted by Gasteiger charge is -2.10. The number of aryl methyl sites for hydroxylation is 2. The maximum atomic E-state index is 12.9. The molecule has 0 saturated carbocycles. The minimum absolute atomic E-state index is 0.269. The summed E-state index contributed by atoms with van der Waals surface area (Å²) in [5.74, 6) is -0.604. The van der Waals surface area contributed by atoms with E-state index in [1.54, 1.807) is 54.6 Å². The third-order valence-corrected chi connectivity index (χ3v) is 5.26. The Labute approximate surface area is 197 Å². The van der Waals surface area contributed by atoms with Crippen LogP contribution in [0.4, 0.5) is 11.4 Å². The zero-order valence-electron chi connectivity index (χ0n) is 18.9. The first-order valence-corrected chi connectivity index (χ1v) is 10.7. The molecule has 0 aliphatic rings. The van der Waals surface area contributed by atoms with Crippen molar-refractivity contribution < 1.29 is 9.59 Å². The SMILES string of the molecule is Cc1cc(C)n(Cc2cccc(C(=O)Nc3cccc(C(=O)Nc4cccc(C#N)c4)c3)c2)n1. The van der Waals surface area contributed by atoms with Crippen LogP contribution >= 0.6 is 0 Å². The summed E-state index contributed by atoms with van der Waals surface area (Å²) in [6.45, 7) is 4.52. The van der Waals surface area contributed by atoms with Crippen LogP contribution < -0.4 is 10.6 Å². The van der Waals surface area contributed by atoms with Gasteiger partial charge < -0.3 is 10.6 Å². The average Bonchev–Trinajstić information content (AvgIpc) is 3.15. The van der Waals surface area contributed by atoms with Crippen LogP contribution in [0.2, 0.25) is 0 Å². The van der Waals surface area contributed by atoms with E-state index in [1.807, 2.05) is 48.9 Å². The van der Waals surface area contributed by atoms with Gasteiger partial charge in [-0.3, -0.25) is 14.3 Å². The van der Waals surface area contributed by atoms with Crippen molar-refractivity contribution in [1.82, 2.24) is 9.78 Å². The van der Waals surface area contributed by atoms with E-state index in [9.17, 15) is 9.59 Å². The highest BCUT2D eigenvalue weighted by molar-refractivity contribution is 6.07. The average molecular weight is 450 g/mol. The molecule has 0 bridgehead atoms. The highest BCUT2D eigenvalue weighted by Gasteiger charge is 2.11. The van der Waals surface area contributed by atoms with Crippen molar-refractivity contribution in [3.8, 4) is 6.07 Å². The van der Waals surface area contributed by atoms with E-state index in [-0.39, 0.29) is 11.8 Å². The first kappa shape index (κ1) is 22.5. The molecule has 7 heteroatoms. The zero-order valence-corrected chi connectivity index (χ0v) is 18.9. The Morgan fingerprint density at radius 1 is 0.853 bits per heavy atom. The van der Waals surface area contributed by atoms with Gasteiger partial charge >= 0.3 is 0 Å². The molecule has 0 aliphatic heterocycles. The van der Waals surface area contributed by atoms with Gasteiger partial charge in [0.15, 0.2) is 0 Å². The van der Waals surface area contributed by atoms with Gasteiger partial charge in [0, 0.05) is 28.2 Å². The third kappa shape index (κ3) is 5.37. The Bertz CT molecular complexity index is 1410. The second kappa shape index (κ2) is 9.84. The lowest BCUT2D eigenvalue weighted by Crippen LogP contribution is -2.15. The third-order valence-electron chi connectivity index (χ3n) is 5.26. The van der Waals surface area contributed by atoms with Crippen LogP contribution in [0.3, 0.4) is 0 Å². The molecule has 2 N–H and O–H groups in total. The monoisotopic (exact) mass is 449 g/mol. The van der Waals surface area contributed by atoms with E-state index < -0.39 is 0 Å². The molecule has 0 unspecified atom stereocenters. The first-order valence-electron chi connectivity index (χ1n) is 10.7. The fourth-order valence-corrected chi connectivity index (χ4v) is 3.63. The molecule has 34 heavy (non-hydrogen) atoms. The summed E-state index contributed by atoms with van der Waals surface area (Å²) in [7, 11) is 0. The number of hydrogen-bond donors (Lipinski definition) is 2. The lowest BCUT2D eigenvalue weighted by molar-refractivity contribution is 0.101. The van der Waals surface area contributed by atoms with Gasteiger partial charge in [-0.25, -0.2) is 0 Å². The Morgan fingerprint density at radius 2 is 1.47 bits per heavy atom. The summed E-state index contributed by atoms with van der Waals surface area (Å²) in [5.41, 5.74) is 5.37. The molecule has 1 aromatic heterocycles. The smallest absolute Gasteiger partial charge is 0.255 e. The molecule has 7 nitrogen and oxygen atoms in total. The number of anilines is 2. The molecule has 168 valence electrons. The predicted octanol–water partition coefficient (Wildman–Crippen LogP) is 4.92. The zero-order chi connectivity index (χ0) is 24.1. The Balaban J connectivity index is 1.45. The van der Waals surface area contributed by atoms with Gasteiger partial charge in [0.25, 0.3) is 11.8 Å². The standard InChI is InChI=1S/C27H23N5O2/c1-18-12-19(2)32(31-18)17-21-7-3-8-22(13-21)26(33)30-25-11-5-9-23(15-25)27(34)29-24-10-4-6-20(14-24)16-28/h3-15H,17H2,1-2H3,(H,29,34)(H,30,33). The Morgan fingerprint density at radius 3 is 2.12 bits per heavy atom. The number of carbonyl (C=O) groups is 2. The molecule has 3 aromatic carbocycles. The number of hydrogen-bond acceptors (Lipinski definition) is 4. The van der Waals surface area contributed by atoms with Gasteiger partial charge in [0.2, 0.25) is 0 Å². The van der Waals surface area contributed by atoms with Gasteiger partial charge in [0.05, 0.1) is 23.9 Å². The van der Waals surface area contributed by atoms with Crippen molar-refractivity contribution in [3.05, 3.63) is 113 Å². The molecule has 2 amide bonds. The number of carbonyl (C=O) groups excluding carboxylic acids is 2. The van der Waals surface area contributed by atoms with E-state index >= 15 is 0 Å². The minimum atomic E-state index is -0.335. The second-order valence-electron chi connectivity index (χ2n) is 7.97. The summed E-state index contributed by atoms with van der Waals surface area (Å²) in [4.78, 5) is 25.5. The summed E-state index contributed by atoms with van der Waals surface area (Å²) in [5, 5.41) is 19.1. The van der Waals surface area contributed by atoms with Crippen LogP contribution in [0.1, 0.15) is 43.2 Å². The number of nitriles is 1. The van der Waals surface area contributed by atoms with Crippen LogP contribution in [-0.2, 0) is 6.54 Å². The first-order chi connectivity index (χ1) is 16.4. The molecular weight excluding hydrogens is 426 g/mol. The fraction of sp³-hybridized carbons (Fsp3) is 0.111. The number of nitrogens with one attached hydrogen (secondary N) is 2. The molecule has 4 rings (SSSR count). The van der Waals surface area contributed by atoms with Crippen LogP contribution in [0.25, 0.3) is 0 Å². The number of nitrogens with zero attached hydrogens (tertiary/aromatic N) is 3. The molecule has 1 heterocycles. The molecule has 0 fully saturated rings. The number of rotatable bonds is 6. The van der Waals surface area contributed by atoms with Crippen molar-refractivity contribution >= 4 is 23.2 Å². The largest absolute Gasteiger partial charge is 0.322 e. The highest BCUT2D eigenvalue weighted by atomic mass is 16.2. The summed E-state index contributed by atoms with van der Waals surface area (Å²) < 4.78 is 1.90. The lowest BCUT2D eigenvalue weighted by atomic mass is 10.1. The van der Waals surface area contributed by atoms with Crippen molar-refractivity contribution in [2.24, 2.45) is 0 Å². The van der Waals surface area contributed by atoms with Gasteiger partial charge in [-0.05, 0) is 74.0 Å². The van der Waals surface area contributed by atoms with Crippen molar-refractivity contribution in [2.45, 2.75) is 20.4 Å². The molecule has 0 saturated heterocycles. The molecule has 0 aliphatic carbocycles. The van der Waals surface area contributed by atoms with Crippen molar-refractivity contribution in [2.75, 3.05) is 10.6 Å². The van der Waals surface area contributed by atoms with E-state index in [2.05, 4.69) is 15.7 Å². The van der Waals surface area contributed by atoms with E-state index in [4.69, 9.17) is 5.26 Å². The maximum absolute atomic E-state index is 12.9. The highest BCUT2D eigenvalue weighted by Crippen LogP contribution is 2.17. The summed E-state index contributed by atoms with van der Waals surface area (Å²) in [6.07, 6.45) is 0. The topological polar surface area (TPSA) is 99.8 Å². The van der Waals surface area contributed by atoms with E-state index in [0.29, 0.717) is 34.6 Å². The quantitative estimate of drug-likeness (QED) is 0.436. The maximum Gasteiger partial charge on any atom is 0.255 e. The molecular formula is C27H23N5O2. The molecule has 4 aromatic rings. The van der Waals surface area contributed by atoms with Crippen LogP contribution in [-0.4, -0.2) is 21.6 Å². The Kier molecular flexibility index (Phi) is 6.51. The normalized spacial score (nSPS) is 10.4. The van der Waals surface area contributed by atoms with Crippen molar-refractivity contribution in [1.29, 1.82) is 5.26 Å². The van der Waals surface area contributed by atoms with Gasteiger partial charge in [0.1, 0.15) is 0 Å². The van der Waals surface area contributed by atoms with Gasteiger partial charge in [-0.2, -0.15) is 10.4 Å². The van der Waals surface area contributed by atoms with Crippen LogP contribution in [0.5, 0.6) is 0 Å². The predicted molar refractivity (Wildman–Crippen MR) is 131 cm³/mol. The molecule has 0 spiro atoms. The molecule has 0 radical (unpaired) electrons. The van der Waals surface area contributed by atoms with Crippen molar-refractivity contribution in [3.63, 3.8) is 0 Å². The number of aromatic nitrogens is 2. The number of benzene rings is 3. The van der Waals surface area contributed by atoms with Gasteiger partial charge in [-0.15, -0.1) is 0 Å². The second-order valence-corrected chi connectivity index (χ2v) is 7.97. The van der Waals surface area contributed by atoms with E-state index in [0.717, 1.165) is 17.0 Å². The molecule has 0 atom stereocenters.